The monoisotopic (exact) mass is 702 g/mol. The van der Waals surface area contributed by atoms with Crippen molar-refractivity contribution in [2.45, 2.75) is 0 Å². The summed E-state index contributed by atoms with van der Waals surface area (Å²) < 4.78 is 2.28. The Labute approximate surface area is 316 Å². The van der Waals surface area contributed by atoms with Crippen LogP contribution >= 0.6 is 0 Å². The van der Waals surface area contributed by atoms with E-state index in [0.29, 0.717) is 0 Å². The lowest BCUT2D eigenvalue weighted by molar-refractivity contribution is 1.08. The second kappa shape index (κ2) is 12.5. The Morgan fingerprint density at radius 3 is 1.64 bits per heavy atom. The van der Waals surface area contributed by atoms with E-state index in [4.69, 9.17) is 24.9 Å². The maximum absolute atomic E-state index is 5.05. The van der Waals surface area contributed by atoms with Crippen molar-refractivity contribution in [1.82, 2.24) is 29.5 Å². The first-order valence-electron chi connectivity index (χ1n) is 18.3. The third-order valence-electron chi connectivity index (χ3n) is 10.5. The predicted octanol–water partition coefficient (Wildman–Crippen LogP) is 11.9. The minimum Gasteiger partial charge on any atom is -0.293 e. The molecule has 0 aliphatic rings. The topological polar surface area (TPSA) is 69.4 Å². The number of pyridine rings is 5. The van der Waals surface area contributed by atoms with Crippen LogP contribution in [0.15, 0.2) is 182 Å². The highest BCUT2D eigenvalue weighted by Gasteiger charge is 2.20. The van der Waals surface area contributed by atoms with Crippen molar-refractivity contribution in [2.24, 2.45) is 0 Å². The molecule has 11 aromatic rings. The zero-order valence-corrected chi connectivity index (χ0v) is 29.5. The van der Waals surface area contributed by atoms with E-state index in [9.17, 15) is 0 Å². The molecule has 6 nitrogen and oxygen atoms in total. The highest BCUT2D eigenvalue weighted by atomic mass is 15.1. The number of benzene rings is 5. The molecule has 0 bridgehead atoms. The van der Waals surface area contributed by atoms with Crippen LogP contribution in [0.2, 0.25) is 0 Å². The molecule has 0 amide bonds. The number of hydrogen-bond acceptors (Lipinski definition) is 5. The largest absolute Gasteiger partial charge is 0.293 e. The van der Waals surface area contributed by atoms with Crippen LogP contribution in [0.4, 0.5) is 0 Å². The second-order valence-electron chi connectivity index (χ2n) is 13.8. The summed E-state index contributed by atoms with van der Waals surface area (Å²) in [4.78, 5) is 24.6. The van der Waals surface area contributed by atoms with Gasteiger partial charge in [-0.1, -0.05) is 84.9 Å². The molecule has 0 atom stereocenters. The molecule has 6 aromatic heterocycles. The fraction of sp³-hybridized carbons (Fsp3) is 0. The minimum atomic E-state index is 0.865. The van der Waals surface area contributed by atoms with Gasteiger partial charge in [-0.2, -0.15) is 0 Å². The molecule has 0 spiro atoms. The van der Waals surface area contributed by atoms with Crippen LogP contribution in [0.25, 0.3) is 105 Å². The summed E-state index contributed by atoms with van der Waals surface area (Å²) in [7, 11) is 0. The Bertz CT molecular complexity index is 3240. The van der Waals surface area contributed by atoms with Gasteiger partial charge in [0.1, 0.15) is 5.82 Å². The maximum atomic E-state index is 5.05. The third-order valence-corrected chi connectivity index (χ3v) is 10.5. The summed E-state index contributed by atoms with van der Waals surface area (Å²) in [6.07, 6.45) is 5.70. The van der Waals surface area contributed by atoms with Crippen molar-refractivity contribution >= 4 is 54.4 Å². The fourth-order valence-electron chi connectivity index (χ4n) is 7.84. The van der Waals surface area contributed by atoms with Crippen molar-refractivity contribution in [3.05, 3.63) is 182 Å². The smallest absolute Gasteiger partial charge is 0.137 e. The van der Waals surface area contributed by atoms with Crippen molar-refractivity contribution in [3.8, 4) is 50.8 Å². The van der Waals surface area contributed by atoms with Crippen molar-refractivity contribution in [1.29, 1.82) is 0 Å². The van der Waals surface area contributed by atoms with Crippen molar-refractivity contribution < 1.29 is 0 Å². The summed E-state index contributed by atoms with van der Waals surface area (Å²) in [5.74, 6) is 0.865. The zero-order valence-electron chi connectivity index (χ0n) is 29.5. The van der Waals surface area contributed by atoms with E-state index in [2.05, 4.69) is 120 Å². The summed E-state index contributed by atoms with van der Waals surface area (Å²) in [6, 6.07) is 56.7. The summed E-state index contributed by atoms with van der Waals surface area (Å²) >= 11 is 0. The number of aromatic nitrogens is 6. The molecule has 0 unspecified atom stereocenters. The van der Waals surface area contributed by atoms with Gasteiger partial charge in [0.25, 0.3) is 0 Å². The molecule has 6 heteroatoms. The molecule has 0 radical (unpaired) electrons. The number of rotatable bonds is 5. The highest BCUT2D eigenvalue weighted by molar-refractivity contribution is 6.22. The second-order valence-corrected chi connectivity index (χ2v) is 13.8. The van der Waals surface area contributed by atoms with E-state index < -0.39 is 0 Å². The quantitative estimate of drug-likeness (QED) is 0.179. The first-order chi connectivity index (χ1) is 27.2. The molecule has 5 aromatic carbocycles. The van der Waals surface area contributed by atoms with Crippen molar-refractivity contribution in [2.75, 3.05) is 0 Å². The third kappa shape index (κ3) is 5.23. The Balaban J connectivity index is 1.07. The van der Waals surface area contributed by atoms with Gasteiger partial charge >= 0.3 is 0 Å². The van der Waals surface area contributed by atoms with Gasteiger partial charge < -0.3 is 0 Å². The van der Waals surface area contributed by atoms with E-state index in [1.807, 2.05) is 67.1 Å². The van der Waals surface area contributed by atoms with E-state index in [1.54, 1.807) is 0 Å². The molecular formula is C49H30N6. The molecular weight excluding hydrogens is 673 g/mol. The SMILES string of the molecule is c1ccc(-n2c3ccc(-c4ccc(-c5ccc6ccccc6n5)cn4)cc3c3cc(-c4ccc(-c5ccc6ccccc6n5)cn4)c4ccccc4c32)nc1. The van der Waals surface area contributed by atoms with Gasteiger partial charge in [0.15, 0.2) is 0 Å². The van der Waals surface area contributed by atoms with Gasteiger partial charge in [0.05, 0.1) is 44.8 Å². The first kappa shape index (κ1) is 31.0. The van der Waals surface area contributed by atoms with Gasteiger partial charge in [0, 0.05) is 67.8 Å². The lowest BCUT2D eigenvalue weighted by Gasteiger charge is -2.12. The summed E-state index contributed by atoms with van der Waals surface area (Å²) in [6.45, 7) is 0. The van der Waals surface area contributed by atoms with Gasteiger partial charge in [-0.15, -0.1) is 0 Å². The Morgan fingerprint density at radius 2 is 0.982 bits per heavy atom. The lowest BCUT2D eigenvalue weighted by Crippen LogP contribution is -1.97. The number of nitrogens with zero attached hydrogens (tertiary/aromatic N) is 6. The van der Waals surface area contributed by atoms with E-state index in [-0.39, 0.29) is 0 Å². The van der Waals surface area contributed by atoms with Gasteiger partial charge in [-0.05, 0) is 84.2 Å². The summed E-state index contributed by atoms with van der Waals surface area (Å²) in [5, 5.41) is 6.73. The molecule has 0 aliphatic heterocycles. The van der Waals surface area contributed by atoms with E-state index in [1.165, 1.54) is 0 Å². The molecule has 0 saturated heterocycles. The summed E-state index contributed by atoms with van der Waals surface area (Å²) in [5.41, 5.74) is 11.8. The Kier molecular flexibility index (Phi) is 7.07. The fourth-order valence-corrected chi connectivity index (χ4v) is 7.84. The lowest BCUT2D eigenvalue weighted by atomic mass is 9.97. The van der Waals surface area contributed by atoms with E-state index in [0.717, 1.165) is 105 Å². The normalized spacial score (nSPS) is 11.6. The number of para-hydroxylation sites is 2. The van der Waals surface area contributed by atoms with Crippen LogP contribution < -0.4 is 0 Å². The minimum absolute atomic E-state index is 0.865. The molecule has 0 N–H and O–H groups in total. The number of fused-ring (bicyclic) bond motifs is 7. The van der Waals surface area contributed by atoms with Crippen LogP contribution in [-0.4, -0.2) is 29.5 Å². The van der Waals surface area contributed by atoms with Crippen LogP contribution in [0.1, 0.15) is 0 Å². The van der Waals surface area contributed by atoms with Crippen LogP contribution in [0, 0.1) is 0 Å². The maximum Gasteiger partial charge on any atom is 0.137 e. The molecule has 55 heavy (non-hydrogen) atoms. The molecule has 11 rings (SSSR count). The van der Waals surface area contributed by atoms with Crippen LogP contribution in [0.3, 0.4) is 0 Å². The van der Waals surface area contributed by atoms with Crippen LogP contribution in [0.5, 0.6) is 0 Å². The predicted molar refractivity (Wildman–Crippen MR) is 224 cm³/mol. The standard InChI is InChI=1S/C49H30N6/c1-5-13-42-31(9-1)16-22-44(53-42)34-18-21-41(51-29-34)33-20-25-47-39(27-33)40-28-38(36-11-3-4-12-37(36)49(40)55(47)48-15-7-8-26-50-48)46-24-19-35(30-52-46)45-23-17-32-10-2-6-14-43(32)54-45/h1-30H. The molecule has 0 fully saturated rings. The number of hydrogen-bond donors (Lipinski definition) is 0. The Morgan fingerprint density at radius 1 is 0.382 bits per heavy atom. The molecule has 0 saturated carbocycles. The van der Waals surface area contributed by atoms with E-state index >= 15 is 0 Å². The average Bonchev–Trinajstić information content (AvgIpc) is 3.60. The zero-order chi connectivity index (χ0) is 36.3. The Hall–Kier alpha value is -7.57. The van der Waals surface area contributed by atoms with Gasteiger partial charge in [-0.25, -0.2) is 15.0 Å². The van der Waals surface area contributed by atoms with Crippen LogP contribution in [-0.2, 0) is 0 Å². The average molecular weight is 703 g/mol. The van der Waals surface area contributed by atoms with Crippen molar-refractivity contribution in [3.63, 3.8) is 0 Å². The molecule has 6 heterocycles. The highest BCUT2D eigenvalue weighted by Crippen LogP contribution is 2.42. The first-order valence-corrected chi connectivity index (χ1v) is 18.3. The molecule has 256 valence electrons. The van der Waals surface area contributed by atoms with Gasteiger partial charge in [0.2, 0.25) is 0 Å². The van der Waals surface area contributed by atoms with Gasteiger partial charge in [-0.3, -0.25) is 14.5 Å². The molecule has 0 aliphatic carbocycles.